The maximum atomic E-state index is 13.0. The second-order valence-electron chi connectivity index (χ2n) is 12.1. The lowest BCUT2D eigenvalue weighted by Gasteiger charge is -2.51. The summed E-state index contributed by atoms with van der Waals surface area (Å²) in [5, 5.41) is 53.2. The van der Waals surface area contributed by atoms with Crippen LogP contribution in [0.4, 0.5) is 0 Å². The van der Waals surface area contributed by atoms with E-state index in [0.717, 1.165) is 6.42 Å². The van der Waals surface area contributed by atoms with E-state index in [1.807, 2.05) is 6.08 Å². The van der Waals surface area contributed by atoms with E-state index in [-0.39, 0.29) is 32.0 Å². The lowest BCUT2D eigenvalue weighted by atomic mass is 9.72. The molecule has 0 aromatic heterocycles. The summed E-state index contributed by atoms with van der Waals surface area (Å²) in [6.07, 6.45) is -2.05. The number of carbonyl (C=O) groups excluding carboxylic acids is 1. The lowest BCUT2D eigenvalue weighted by Crippen LogP contribution is -2.70. The van der Waals surface area contributed by atoms with Crippen molar-refractivity contribution in [1.82, 2.24) is 16.0 Å². The standard InChI is InChI=1S/C26H49N7O8/c1-25(37)11-39-23(19(35)22(25)31-2)41-21-15(33-24(36)26(38)9-16(26)30)8-13(29)17(18(21)34)20-14(32-7-3-6-27)5-4-12(10-28)40-20/h4,13-23,31-32,34-35,37-38H,3,5-11,27-30H2,1-2H3,(H,33,36). The van der Waals surface area contributed by atoms with Crippen LogP contribution in [0.3, 0.4) is 0 Å². The second-order valence-corrected chi connectivity index (χ2v) is 12.1. The Labute approximate surface area is 240 Å². The second kappa shape index (κ2) is 13.0. The van der Waals surface area contributed by atoms with Gasteiger partial charge in [0.25, 0.3) is 5.91 Å². The van der Waals surface area contributed by atoms with E-state index < -0.39 is 77.9 Å². The number of nitrogens with one attached hydrogen (secondary N) is 3. The van der Waals surface area contributed by atoms with Gasteiger partial charge in [-0.15, -0.1) is 0 Å². The van der Waals surface area contributed by atoms with Crippen molar-refractivity contribution in [2.24, 2.45) is 28.9 Å². The Balaban J connectivity index is 1.60. The van der Waals surface area contributed by atoms with E-state index in [0.29, 0.717) is 25.3 Å². The number of likely N-dealkylation sites (N-methyl/N-ethyl adjacent to an activating group) is 1. The van der Waals surface area contributed by atoms with Crippen molar-refractivity contribution < 1.29 is 39.4 Å². The normalized spacial score (nSPS) is 46.4. The zero-order chi connectivity index (χ0) is 30.1. The quantitative estimate of drug-likeness (QED) is 0.101. The molecule has 0 radical (unpaired) electrons. The van der Waals surface area contributed by atoms with Crippen LogP contribution in [0.1, 0.15) is 32.6 Å². The maximum Gasteiger partial charge on any atom is 0.253 e. The minimum atomic E-state index is -1.71. The summed E-state index contributed by atoms with van der Waals surface area (Å²) in [6.45, 7) is 2.70. The van der Waals surface area contributed by atoms with Crippen molar-refractivity contribution in [3.63, 3.8) is 0 Å². The SMILES string of the molecule is CNC1C(O)C(OC2C(NC(=O)C3(O)CC3N)CC(N)C(C3OC(CN)=CCC3NCCCN)C2O)OCC1(C)O. The Kier molecular flexibility index (Phi) is 10.3. The van der Waals surface area contributed by atoms with Crippen molar-refractivity contribution in [3.8, 4) is 0 Å². The van der Waals surface area contributed by atoms with Crippen LogP contribution >= 0.6 is 0 Å². The van der Waals surface area contributed by atoms with Gasteiger partial charge in [-0.05, 0) is 52.4 Å². The Bertz CT molecular complexity index is 944. The number of rotatable bonds is 11. The van der Waals surface area contributed by atoms with E-state index in [4.69, 9.17) is 37.1 Å². The highest BCUT2D eigenvalue weighted by molar-refractivity contribution is 5.89. The molecule has 13 unspecified atom stereocenters. The van der Waals surface area contributed by atoms with Crippen molar-refractivity contribution >= 4 is 5.91 Å². The highest BCUT2D eigenvalue weighted by atomic mass is 16.7. The van der Waals surface area contributed by atoms with Gasteiger partial charge in [-0.25, -0.2) is 0 Å². The fourth-order valence-electron chi connectivity index (χ4n) is 6.37. The van der Waals surface area contributed by atoms with Crippen molar-refractivity contribution in [3.05, 3.63) is 11.8 Å². The van der Waals surface area contributed by atoms with Crippen molar-refractivity contribution in [2.75, 3.05) is 33.3 Å². The van der Waals surface area contributed by atoms with Crippen molar-refractivity contribution in [1.29, 1.82) is 0 Å². The van der Waals surface area contributed by atoms with Gasteiger partial charge in [-0.2, -0.15) is 0 Å². The smallest absolute Gasteiger partial charge is 0.253 e. The predicted octanol–water partition coefficient (Wildman–Crippen LogP) is -4.98. The Morgan fingerprint density at radius 3 is 2.51 bits per heavy atom. The highest BCUT2D eigenvalue weighted by Crippen LogP contribution is 2.38. The molecule has 41 heavy (non-hydrogen) atoms. The average molecular weight is 588 g/mol. The van der Waals surface area contributed by atoms with Crippen LogP contribution in [0.2, 0.25) is 0 Å². The molecule has 3 fully saturated rings. The summed E-state index contributed by atoms with van der Waals surface area (Å²) in [5.74, 6) is -0.783. The summed E-state index contributed by atoms with van der Waals surface area (Å²) in [5.41, 5.74) is 20.9. The lowest BCUT2D eigenvalue weighted by molar-refractivity contribution is -0.297. The van der Waals surface area contributed by atoms with Gasteiger partial charge >= 0.3 is 0 Å². The molecule has 0 aromatic rings. The van der Waals surface area contributed by atoms with Gasteiger partial charge in [-0.1, -0.05) is 0 Å². The van der Waals surface area contributed by atoms with Crippen LogP contribution in [0.15, 0.2) is 11.8 Å². The molecule has 15 nitrogen and oxygen atoms in total. The van der Waals surface area contributed by atoms with Crippen LogP contribution in [0, 0.1) is 5.92 Å². The molecular formula is C26H49N7O8. The third-order valence-corrected chi connectivity index (χ3v) is 8.93. The minimum Gasteiger partial charge on any atom is -0.492 e. The first-order chi connectivity index (χ1) is 19.4. The first-order valence-corrected chi connectivity index (χ1v) is 14.4. The van der Waals surface area contributed by atoms with Crippen LogP contribution < -0.4 is 38.9 Å². The number of ether oxygens (including phenoxy) is 3. The maximum absolute atomic E-state index is 13.0. The molecule has 2 saturated carbocycles. The molecule has 0 bridgehead atoms. The van der Waals surface area contributed by atoms with Gasteiger partial charge in [0, 0.05) is 30.5 Å². The summed E-state index contributed by atoms with van der Waals surface area (Å²) in [6, 6.07) is -3.21. The summed E-state index contributed by atoms with van der Waals surface area (Å²) >= 11 is 0. The number of carbonyl (C=O) groups is 1. The molecule has 0 spiro atoms. The monoisotopic (exact) mass is 587 g/mol. The fraction of sp³-hybridized carbons (Fsp3) is 0.885. The molecular weight excluding hydrogens is 538 g/mol. The zero-order valence-electron chi connectivity index (χ0n) is 23.8. The molecule has 2 aliphatic carbocycles. The van der Waals surface area contributed by atoms with Gasteiger partial charge < -0.3 is 73.5 Å². The first kappa shape index (κ1) is 32.4. The van der Waals surface area contributed by atoms with Gasteiger partial charge in [0.05, 0.1) is 31.3 Å². The average Bonchev–Trinajstić information content (AvgIpc) is 3.55. The Morgan fingerprint density at radius 2 is 1.90 bits per heavy atom. The van der Waals surface area contributed by atoms with Gasteiger partial charge in [0.15, 0.2) is 11.9 Å². The number of hydrogen-bond acceptors (Lipinski definition) is 14. The van der Waals surface area contributed by atoms with E-state index in [1.165, 1.54) is 6.92 Å². The highest BCUT2D eigenvalue weighted by Gasteiger charge is 2.59. The fourth-order valence-corrected chi connectivity index (χ4v) is 6.37. The molecule has 1 amide bonds. The van der Waals surface area contributed by atoms with Crippen molar-refractivity contribution in [2.45, 2.75) is 105 Å². The van der Waals surface area contributed by atoms with E-state index in [2.05, 4.69) is 16.0 Å². The van der Waals surface area contributed by atoms with Gasteiger partial charge in [0.2, 0.25) is 0 Å². The Hall–Kier alpha value is -1.47. The topological polar surface area (TPSA) is 266 Å². The summed E-state index contributed by atoms with van der Waals surface area (Å²) in [4.78, 5) is 13.0. The van der Waals surface area contributed by atoms with Crippen LogP contribution in [-0.2, 0) is 19.0 Å². The molecule has 2 heterocycles. The van der Waals surface area contributed by atoms with E-state index in [1.54, 1.807) is 7.05 Å². The molecule has 4 aliphatic rings. The molecule has 4 rings (SSSR count). The third kappa shape index (κ3) is 6.71. The zero-order valence-corrected chi connectivity index (χ0v) is 23.8. The summed E-state index contributed by atoms with van der Waals surface area (Å²) in [7, 11) is 1.60. The Morgan fingerprint density at radius 1 is 1.20 bits per heavy atom. The van der Waals surface area contributed by atoms with E-state index >= 15 is 0 Å². The summed E-state index contributed by atoms with van der Waals surface area (Å²) < 4.78 is 18.2. The number of hydrogen-bond donors (Lipinski definition) is 11. The third-order valence-electron chi connectivity index (χ3n) is 8.93. The minimum absolute atomic E-state index is 0.109. The number of amides is 1. The van der Waals surface area contributed by atoms with Crippen LogP contribution in [0.5, 0.6) is 0 Å². The first-order valence-electron chi connectivity index (χ1n) is 14.4. The number of aliphatic hydroxyl groups is 4. The molecule has 236 valence electrons. The van der Waals surface area contributed by atoms with Crippen LogP contribution in [0.25, 0.3) is 0 Å². The number of nitrogens with two attached hydrogens (primary N) is 4. The molecule has 1 saturated heterocycles. The van der Waals surface area contributed by atoms with Gasteiger partial charge in [-0.3, -0.25) is 4.79 Å². The van der Waals surface area contributed by atoms with Gasteiger partial charge in [0.1, 0.15) is 29.7 Å². The molecule has 0 aromatic carbocycles. The molecule has 15 N–H and O–H groups in total. The largest absolute Gasteiger partial charge is 0.492 e. The molecule has 13 atom stereocenters. The molecule has 2 aliphatic heterocycles. The number of aliphatic hydroxyl groups excluding tert-OH is 2. The van der Waals surface area contributed by atoms with E-state index in [9.17, 15) is 25.2 Å². The molecule has 15 heteroatoms. The van der Waals surface area contributed by atoms with Crippen LogP contribution in [-0.4, -0.2) is 132 Å². The predicted molar refractivity (Wildman–Crippen MR) is 148 cm³/mol.